The lowest BCUT2D eigenvalue weighted by Gasteiger charge is -2.35. The van der Waals surface area contributed by atoms with E-state index < -0.39 is 0 Å². The number of amides is 1. The predicted octanol–water partition coefficient (Wildman–Crippen LogP) is 3.22. The van der Waals surface area contributed by atoms with Gasteiger partial charge < -0.3 is 10.2 Å². The van der Waals surface area contributed by atoms with Gasteiger partial charge in [0.05, 0.1) is 11.1 Å². The molecule has 1 aliphatic carbocycles. The molecule has 0 radical (unpaired) electrons. The van der Waals surface area contributed by atoms with Gasteiger partial charge in [0, 0.05) is 31.5 Å². The summed E-state index contributed by atoms with van der Waals surface area (Å²) in [5.74, 6) is 0.327. The normalized spacial score (nSPS) is 19.8. The van der Waals surface area contributed by atoms with Crippen LogP contribution in [0.4, 0.5) is 5.69 Å². The van der Waals surface area contributed by atoms with E-state index in [9.17, 15) is 4.79 Å². The summed E-state index contributed by atoms with van der Waals surface area (Å²) < 4.78 is 0. The molecule has 24 heavy (non-hydrogen) atoms. The van der Waals surface area contributed by atoms with Crippen LogP contribution in [0.25, 0.3) is 0 Å². The molecule has 1 amide bonds. The van der Waals surface area contributed by atoms with E-state index in [-0.39, 0.29) is 5.41 Å². The van der Waals surface area contributed by atoms with Gasteiger partial charge in [-0.25, -0.2) is 0 Å². The first kappa shape index (κ1) is 15.2. The van der Waals surface area contributed by atoms with Gasteiger partial charge >= 0.3 is 0 Å². The van der Waals surface area contributed by atoms with Crippen LogP contribution in [-0.2, 0) is 10.2 Å². The third-order valence-corrected chi connectivity index (χ3v) is 5.30. The summed E-state index contributed by atoms with van der Waals surface area (Å²) in [6.45, 7) is 1.68. The zero-order chi connectivity index (χ0) is 16.4. The van der Waals surface area contributed by atoms with Crippen LogP contribution in [0.3, 0.4) is 0 Å². The first-order valence-corrected chi connectivity index (χ1v) is 8.79. The standard InChI is InChI=1S/C20H23N3O/c24-19(20(10-11-20)16-5-2-1-3-6-16)23-13-8-17(9-14-23)22-18-7-4-12-21-15-18/h1-7,12,15,17,22H,8-11,13-14H2. The van der Waals surface area contributed by atoms with E-state index >= 15 is 0 Å². The highest BCUT2D eigenvalue weighted by molar-refractivity contribution is 5.91. The number of carbonyl (C=O) groups excluding carboxylic acids is 1. The van der Waals surface area contributed by atoms with Crippen LogP contribution in [0, 0.1) is 0 Å². The fraction of sp³-hybridized carbons (Fsp3) is 0.400. The van der Waals surface area contributed by atoms with Crippen molar-refractivity contribution in [1.82, 2.24) is 9.88 Å². The smallest absolute Gasteiger partial charge is 0.233 e. The third-order valence-electron chi connectivity index (χ3n) is 5.30. The number of nitrogens with zero attached hydrogens (tertiary/aromatic N) is 2. The van der Waals surface area contributed by atoms with E-state index in [1.54, 1.807) is 6.20 Å². The molecule has 1 saturated carbocycles. The molecule has 2 aromatic rings. The van der Waals surface area contributed by atoms with Gasteiger partial charge in [-0.05, 0) is 43.4 Å². The Kier molecular flexibility index (Phi) is 3.97. The van der Waals surface area contributed by atoms with Crippen molar-refractivity contribution >= 4 is 11.6 Å². The van der Waals surface area contributed by atoms with E-state index in [1.165, 1.54) is 5.56 Å². The van der Waals surface area contributed by atoms with Crippen molar-refractivity contribution in [2.24, 2.45) is 0 Å². The van der Waals surface area contributed by atoms with Crippen LogP contribution < -0.4 is 5.32 Å². The largest absolute Gasteiger partial charge is 0.381 e. The number of pyridine rings is 1. The average Bonchev–Trinajstić information content (AvgIpc) is 3.45. The summed E-state index contributed by atoms with van der Waals surface area (Å²) in [6, 6.07) is 14.7. The van der Waals surface area contributed by atoms with Gasteiger partial charge in [-0.3, -0.25) is 9.78 Å². The third kappa shape index (κ3) is 2.88. The number of carbonyl (C=O) groups is 1. The number of benzene rings is 1. The topological polar surface area (TPSA) is 45.2 Å². The van der Waals surface area contributed by atoms with Crippen molar-refractivity contribution in [3.8, 4) is 0 Å². The Labute approximate surface area is 142 Å². The van der Waals surface area contributed by atoms with Gasteiger partial charge in [-0.2, -0.15) is 0 Å². The maximum atomic E-state index is 13.0. The number of hydrogen-bond donors (Lipinski definition) is 1. The summed E-state index contributed by atoms with van der Waals surface area (Å²) in [4.78, 5) is 19.3. The molecule has 1 saturated heterocycles. The van der Waals surface area contributed by atoms with Gasteiger partial charge in [-0.15, -0.1) is 0 Å². The number of anilines is 1. The van der Waals surface area contributed by atoms with Crippen molar-refractivity contribution in [2.75, 3.05) is 18.4 Å². The first-order chi connectivity index (χ1) is 11.8. The first-order valence-electron chi connectivity index (χ1n) is 8.79. The molecule has 4 rings (SSSR count). The SMILES string of the molecule is O=C(N1CCC(Nc2cccnc2)CC1)C1(c2ccccc2)CC1. The molecule has 1 aromatic carbocycles. The molecule has 1 aromatic heterocycles. The van der Waals surface area contributed by atoms with Crippen molar-refractivity contribution in [3.63, 3.8) is 0 Å². The molecule has 4 nitrogen and oxygen atoms in total. The number of hydrogen-bond acceptors (Lipinski definition) is 3. The summed E-state index contributed by atoms with van der Waals surface area (Å²) in [5, 5.41) is 3.53. The molecule has 4 heteroatoms. The van der Waals surface area contributed by atoms with Crippen LogP contribution >= 0.6 is 0 Å². The Balaban J connectivity index is 1.37. The molecular weight excluding hydrogens is 298 g/mol. The van der Waals surface area contributed by atoms with Crippen molar-refractivity contribution in [3.05, 3.63) is 60.4 Å². The Hall–Kier alpha value is -2.36. The Bertz CT molecular complexity index is 689. The minimum Gasteiger partial charge on any atom is -0.381 e. The van der Waals surface area contributed by atoms with Crippen LogP contribution in [-0.4, -0.2) is 34.9 Å². The number of likely N-dealkylation sites (tertiary alicyclic amines) is 1. The maximum Gasteiger partial charge on any atom is 0.233 e. The molecule has 2 fully saturated rings. The van der Waals surface area contributed by atoms with E-state index in [4.69, 9.17) is 0 Å². The number of nitrogens with one attached hydrogen (secondary N) is 1. The molecule has 0 bridgehead atoms. The minimum absolute atomic E-state index is 0.231. The summed E-state index contributed by atoms with van der Waals surface area (Å²) >= 11 is 0. The van der Waals surface area contributed by atoms with Gasteiger partial charge in [0.2, 0.25) is 5.91 Å². The minimum atomic E-state index is -0.231. The van der Waals surface area contributed by atoms with Crippen LogP contribution in [0.2, 0.25) is 0 Å². The monoisotopic (exact) mass is 321 g/mol. The second-order valence-corrected chi connectivity index (χ2v) is 6.90. The van der Waals surface area contributed by atoms with Crippen LogP contribution in [0.1, 0.15) is 31.2 Å². The number of aromatic nitrogens is 1. The molecule has 1 aliphatic heterocycles. The number of piperidine rings is 1. The maximum absolute atomic E-state index is 13.0. The van der Waals surface area contributed by atoms with Crippen molar-refractivity contribution in [2.45, 2.75) is 37.1 Å². The van der Waals surface area contributed by atoms with E-state index in [1.807, 2.05) is 36.5 Å². The molecule has 124 valence electrons. The Morgan fingerprint density at radius 1 is 1.08 bits per heavy atom. The fourth-order valence-electron chi connectivity index (χ4n) is 3.72. The highest BCUT2D eigenvalue weighted by Crippen LogP contribution is 2.49. The summed E-state index contributed by atoms with van der Waals surface area (Å²) in [7, 11) is 0. The van der Waals surface area contributed by atoms with Gasteiger partial charge in [0.25, 0.3) is 0 Å². The molecule has 1 N–H and O–H groups in total. The zero-order valence-corrected chi connectivity index (χ0v) is 13.8. The van der Waals surface area contributed by atoms with Crippen LogP contribution in [0.5, 0.6) is 0 Å². The lowest BCUT2D eigenvalue weighted by atomic mass is 9.93. The fourth-order valence-corrected chi connectivity index (χ4v) is 3.72. The lowest BCUT2D eigenvalue weighted by molar-refractivity contribution is -0.134. The number of rotatable bonds is 4. The Morgan fingerprint density at radius 2 is 1.83 bits per heavy atom. The van der Waals surface area contributed by atoms with Gasteiger partial charge in [0.1, 0.15) is 0 Å². The summed E-state index contributed by atoms with van der Waals surface area (Å²) in [5.41, 5.74) is 2.01. The second-order valence-electron chi connectivity index (χ2n) is 6.90. The zero-order valence-electron chi connectivity index (χ0n) is 13.8. The van der Waals surface area contributed by atoms with E-state index in [0.717, 1.165) is 44.5 Å². The highest BCUT2D eigenvalue weighted by Gasteiger charge is 2.53. The highest BCUT2D eigenvalue weighted by atomic mass is 16.2. The van der Waals surface area contributed by atoms with Crippen molar-refractivity contribution in [1.29, 1.82) is 0 Å². The molecule has 2 aliphatic rings. The molecule has 0 unspecified atom stereocenters. The van der Waals surface area contributed by atoms with Gasteiger partial charge in [-0.1, -0.05) is 30.3 Å². The summed E-state index contributed by atoms with van der Waals surface area (Å²) in [6.07, 6.45) is 7.60. The molecule has 0 spiro atoms. The van der Waals surface area contributed by atoms with Crippen molar-refractivity contribution < 1.29 is 4.79 Å². The van der Waals surface area contributed by atoms with Gasteiger partial charge in [0.15, 0.2) is 0 Å². The quantitative estimate of drug-likeness (QED) is 0.940. The predicted molar refractivity (Wildman–Crippen MR) is 94.8 cm³/mol. The average molecular weight is 321 g/mol. The lowest BCUT2D eigenvalue weighted by Crippen LogP contribution is -2.46. The van der Waals surface area contributed by atoms with E-state index in [2.05, 4.69) is 27.3 Å². The molecule has 0 atom stereocenters. The second kappa shape index (κ2) is 6.27. The van der Waals surface area contributed by atoms with Crippen LogP contribution in [0.15, 0.2) is 54.9 Å². The Morgan fingerprint density at radius 3 is 2.46 bits per heavy atom. The molecular formula is C20H23N3O. The van der Waals surface area contributed by atoms with E-state index in [0.29, 0.717) is 11.9 Å². The molecule has 2 heterocycles.